The standard InChI is InChI=1S/C21H23BrN2O3/c1-4-11-23-20(25)16-7-5-6-8-18(16)24-21(26)17-12-15(22)9-10-19(17)27-13-14(2)3/h4-10,12,14H,1,11,13H2,2-3H3,(H,23,25)(H,24,26). The lowest BCUT2D eigenvalue weighted by atomic mass is 10.1. The molecule has 5 nitrogen and oxygen atoms in total. The summed E-state index contributed by atoms with van der Waals surface area (Å²) in [6.45, 7) is 8.51. The van der Waals surface area contributed by atoms with Crippen molar-refractivity contribution in [3.05, 3.63) is 70.7 Å². The summed E-state index contributed by atoms with van der Waals surface area (Å²) in [6, 6.07) is 12.1. The van der Waals surface area contributed by atoms with Crippen LogP contribution in [0.3, 0.4) is 0 Å². The number of amides is 2. The average Bonchev–Trinajstić information content (AvgIpc) is 2.65. The predicted molar refractivity (Wildman–Crippen MR) is 111 cm³/mol. The summed E-state index contributed by atoms with van der Waals surface area (Å²) in [5.74, 6) is 0.201. The van der Waals surface area contributed by atoms with Crippen LogP contribution in [0.1, 0.15) is 34.6 Å². The van der Waals surface area contributed by atoms with Crippen LogP contribution >= 0.6 is 15.9 Å². The molecule has 2 amide bonds. The van der Waals surface area contributed by atoms with Gasteiger partial charge in [-0.15, -0.1) is 6.58 Å². The predicted octanol–water partition coefficient (Wildman–Crippen LogP) is 4.65. The zero-order chi connectivity index (χ0) is 19.8. The van der Waals surface area contributed by atoms with Gasteiger partial charge in [0.15, 0.2) is 0 Å². The molecule has 0 radical (unpaired) electrons. The molecule has 6 heteroatoms. The second-order valence-corrected chi connectivity index (χ2v) is 7.26. The molecule has 0 saturated carbocycles. The largest absolute Gasteiger partial charge is 0.492 e. The first-order valence-corrected chi connectivity index (χ1v) is 9.43. The molecule has 142 valence electrons. The molecular weight excluding hydrogens is 408 g/mol. The summed E-state index contributed by atoms with van der Waals surface area (Å²) in [7, 11) is 0. The minimum Gasteiger partial charge on any atom is -0.492 e. The van der Waals surface area contributed by atoms with E-state index in [2.05, 4.69) is 33.1 Å². The van der Waals surface area contributed by atoms with Gasteiger partial charge in [-0.2, -0.15) is 0 Å². The molecule has 0 heterocycles. The maximum Gasteiger partial charge on any atom is 0.259 e. The van der Waals surface area contributed by atoms with E-state index in [0.717, 1.165) is 4.47 Å². The molecule has 2 aromatic carbocycles. The second kappa shape index (κ2) is 9.92. The SMILES string of the molecule is C=CCNC(=O)c1ccccc1NC(=O)c1cc(Br)ccc1OCC(C)C. The van der Waals surface area contributed by atoms with Crippen LogP contribution in [0, 0.1) is 5.92 Å². The molecule has 27 heavy (non-hydrogen) atoms. The maximum atomic E-state index is 12.9. The summed E-state index contributed by atoms with van der Waals surface area (Å²) in [5.41, 5.74) is 1.21. The van der Waals surface area contributed by atoms with Crippen LogP contribution in [0.15, 0.2) is 59.6 Å². The summed E-state index contributed by atoms with van der Waals surface area (Å²) >= 11 is 3.39. The fourth-order valence-corrected chi connectivity index (χ4v) is 2.66. The highest BCUT2D eigenvalue weighted by molar-refractivity contribution is 9.10. The zero-order valence-corrected chi connectivity index (χ0v) is 17.0. The van der Waals surface area contributed by atoms with E-state index in [1.165, 1.54) is 0 Å². The van der Waals surface area contributed by atoms with Gasteiger partial charge < -0.3 is 15.4 Å². The lowest BCUT2D eigenvalue weighted by molar-refractivity contribution is 0.0959. The number of halogens is 1. The zero-order valence-electron chi connectivity index (χ0n) is 15.4. The van der Waals surface area contributed by atoms with Crippen LogP contribution in [0.5, 0.6) is 5.75 Å². The van der Waals surface area contributed by atoms with Crippen molar-refractivity contribution in [1.82, 2.24) is 5.32 Å². The Morgan fingerprint density at radius 3 is 2.59 bits per heavy atom. The number of carbonyl (C=O) groups is 2. The third-order valence-corrected chi connectivity index (χ3v) is 4.08. The fraction of sp³-hybridized carbons (Fsp3) is 0.238. The molecule has 2 aromatic rings. The second-order valence-electron chi connectivity index (χ2n) is 6.34. The van der Waals surface area contributed by atoms with Crippen molar-refractivity contribution in [3.8, 4) is 5.75 Å². The summed E-state index contributed by atoms with van der Waals surface area (Å²) in [4.78, 5) is 25.2. The normalized spacial score (nSPS) is 10.4. The Balaban J connectivity index is 2.26. The molecule has 0 unspecified atom stereocenters. The summed E-state index contributed by atoms with van der Waals surface area (Å²) < 4.78 is 6.54. The number of rotatable bonds is 8. The van der Waals surface area contributed by atoms with Crippen LogP contribution < -0.4 is 15.4 Å². The number of para-hydroxylation sites is 1. The van der Waals surface area contributed by atoms with Crippen LogP contribution in [0.25, 0.3) is 0 Å². The van der Waals surface area contributed by atoms with Gasteiger partial charge in [0.05, 0.1) is 23.4 Å². The fourth-order valence-electron chi connectivity index (χ4n) is 2.30. The number of hydrogen-bond acceptors (Lipinski definition) is 3. The minimum absolute atomic E-state index is 0.281. The molecule has 0 bridgehead atoms. The van der Waals surface area contributed by atoms with E-state index in [0.29, 0.717) is 41.6 Å². The maximum absolute atomic E-state index is 12.9. The minimum atomic E-state index is -0.348. The average molecular weight is 431 g/mol. The Hall–Kier alpha value is -2.60. The number of nitrogens with one attached hydrogen (secondary N) is 2. The van der Waals surface area contributed by atoms with Crippen molar-refractivity contribution < 1.29 is 14.3 Å². The molecule has 0 aliphatic heterocycles. The molecule has 0 saturated heterocycles. The number of hydrogen-bond donors (Lipinski definition) is 2. The van der Waals surface area contributed by atoms with E-state index in [1.807, 2.05) is 19.9 Å². The van der Waals surface area contributed by atoms with Gasteiger partial charge in [-0.1, -0.05) is 48.0 Å². The van der Waals surface area contributed by atoms with E-state index in [-0.39, 0.29) is 11.8 Å². The Morgan fingerprint density at radius 1 is 1.15 bits per heavy atom. The van der Waals surface area contributed by atoms with Crippen LogP contribution in [-0.4, -0.2) is 25.0 Å². The van der Waals surface area contributed by atoms with Crippen LogP contribution in [0.2, 0.25) is 0 Å². The van der Waals surface area contributed by atoms with Gasteiger partial charge >= 0.3 is 0 Å². The van der Waals surface area contributed by atoms with Crippen molar-refractivity contribution in [2.45, 2.75) is 13.8 Å². The monoisotopic (exact) mass is 430 g/mol. The van der Waals surface area contributed by atoms with Gasteiger partial charge in [0.25, 0.3) is 11.8 Å². The van der Waals surface area contributed by atoms with Gasteiger partial charge in [0.1, 0.15) is 5.75 Å². The Kier molecular flexibility index (Phi) is 7.61. The molecule has 2 N–H and O–H groups in total. The quantitative estimate of drug-likeness (QED) is 0.598. The van der Waals surface area contributed by atoms with E-state index >= 15 is 0 Å². The smallest absolute Gasteiger partial charge is 0.259 e. The molecule has 0 atom stereocenters. The van der Waals surface area contributed by atoms with Gasteiger partial charge in [-0.05, 0) is 36.2 Å². The van der Waals surface area contributed by atoms with Crippen molar-refractivity contribution in [3.63, 3.8) is 0 Å². The molecule has 0 aromatic heterocycles. The lowest BCUT2D eigenvalue weighted by Gasteiger charge is -2.15. The van der Waals surface area contributed by atoms with Gasteiger partial charge in [0.2, 0.25) is 0 Å². The van der Waals surface area contributed by atoms with Crippen LogP contribution in [0.4, 0.5) is 5.69 Å². The van der Waals surface area contributed by atoms with Gasteiger partial charge in [-0.3, -0.25) is 9.59 Å². The van der Waals surface area contributed by atoms with Crippen molar-refractivity contribution in [2.75, 3.05) is 18.5 Å². The first kappa shape index (κ1) is 20.7. The number of ether oxygens (including phenoxy) is 1. The first-order valence-electron chi connectivity index (χ1n) is 8.64. The number of carbonyl (C=O) groups excluding carboxylic acids is 2. The Morgan fingerprint density at radius 2 is 1.89 bits per heavy atom. The van der Waals surface area contributed by atoms with E-state index in [1.54, 1.807) is 42.5 Å². The molecular formula is C21H23BrN2O3. The van der Waals surface area contributed by atoms with Crippen molar-refractivity contribution in [1.29, 1.82) is 0 Å². The van der Waals surface area contributed by atoms with Gasteiger partial charge in [-0.25, -0.2) is 0 Å². The lowest BCUT2D eigenvalue weighted by Crippen LogP contribution is -2.25. The molecule has 0 aliphatic carbocycles. The van der Waals surface area contributed by atoms with E-state index < -0.39 is 0 Å². The molecule has 0 aliphatic rings. The number of benzene rings is 2. The highest BCUT2D eigenvalue weighted by atomic mass is 79.9. The topological polar surface area (TPSA) is 67.4 Å². The third-order valence-electron chi connectivity index (χ3n) is 3.59. The van der Waals surface area contributed by atoms with E-state index in [9.17, 15) is 9.59 Å². The summed E-state index contributed by atoms with van der Waals surface area (Å²) in [5, 5.41) is 5.53. The Labute approximate surface area is 167 Å². The van der Waals surface area contributed by atoms with Crippen molar-refractivity contribution >= 4 is 33.4 Å². The molecule has 0 fully saturated rings. The van der Waals surface area contributed by atoms with Gasteiger partial charge in [0, 0.05) is 11.0 Å². The van der Waals surface area contributed by atoms with Crippen molar-refractivity contribution in [2.24, 2.45) is 5.92 Å². The molecule has 2 rings (SSSR count). The first-order chi connectivity index (χ1) is 12.9. The summed E-state index contributed by atoms with van der Waals surface area (Å²) in [6.07, 6.45) is 1.60. The highest BCUT2D eigenvalue weighted by Gasteiger charge is 2.17. The molecule has 0 spiro atoms. The highest BCUT2D eigenvalue weighted by Crippen LogP contribution is 2.25. The van der Waals surface area contributed by atoms with E-state index in [4.69, 9.17) is 4.74 Å². The Bertz CT molecular complexity index is 834. The van der Waals surface area contributed by atoms with Crippen LogP contribution in [-0.2, 0) is 0 Å². The number of anilines is 1. The third kappa shape index (κ3) is 5.96.